The molecule has 2 rings (SSSR count). The number of guanidine groups is 1. The number of aliphatic imine (C=N–C) groups is 1. The van der Waals surface area contributed by atoms with Crippen molar-refractivity contribution in [2.24, 2.45) is 4.99 Å². The van der Waals surface area contributed by atoms with Crippen molar-refractivity contribution in [2.75, 3.05) is 32.9 Å². The number of hydrogen-bond acceptors (Lipinski definition) is 5. The number of thiophene rings is 1. The lowest BCUT2D eigenvalue weighted by Gasteiger charge is -2.11. The molecule has 0 aliphatic rings. The van der Waals surface area contributed by atoms with Crippen molar-refractivity contribution in [2.45, 2.75) is 22.6 Å². The van der Waals surface area contributed by atoms with Crippen LogP contribution in [0.3, 0.4) is 0 Å². The number of nitrogens with zero attached hydrogens (tertiary/aromatic N) is 2. The Morgan fingerprint density at radius 3 is 2.56 bits per heavy atom. The first-order chi connectivity index (χ1) is 12.9. The second-order valence-corrected chi connectivity index (χ2v) is 10.5. The molecule has 148 valence electrons. The second kappa shape index (κ2) is 10.7. The molecule has 0 saturated heterocycles. The summed E-state index contributed by atoms with van der Waals surface area (Å²) in [5.41, 5.74) is 0. The minimum Gasteiger partial charge on any atom is -0.357 e. The molecule has 0 unspecified atom stereocenters. The van der Waals surface area contributed by atoms with E-state index in [4.69, 9.17) is 0 Å². The molecule has 0 amide bonds. The molecule has 2 N–H and O–H groups in total. The highest BCUT2D eigenvalue weighted by atomic mass is 32.2. The molecule has 2 aromatic rings. The van der Waals surface area contributed by atoms with Gasteiger partial charge in [0.1, 0.15) is 4.21 Å². The van der Waals surface area contributed by atoms with Crippen LogP contribution in [0.4, 0.5) is 0 Å². The van der Waals surface area contributed by atoms with Crippen LogP contribution >= 0.6 is 23.1 Å². The molecule has 27 heavy (non-hydrogen) atoms. The standard InChI is InChI=1S/C18H26N4O2S3/c1-4-19-18(20-12-13-25-15-8-6-5-7-9-15)21-14-16-10-11-17(26-16)27(23,24)22(2)3/h5-11H,4,12-14H2,1-3H3,(H2,19,20,21). The summed E-state index contributed by atoms with van der Waals surface area (Å²) in [7, 11) is -0.309. The largest absolute Gasteiger partial charge is 0.357 e. The molecule has 0 aliphatic heterocycles. The van der Waals surface area contributed by atoms with E-state index < -0.39 is 10.0 Å². The maximum Gasteiger partial charge on any atom is 0.252 e. The van der Waals surface area contributed by atoms with Crippen molar-refractivity contribution in [3.63, 3.8) is 0 Å². The van der Waals surface area contributed by atoms with Gasteiger partial charge in [-0.2, -0.15) is 0 Å². The normalized spacial score (nSPS) is 12.4. The summed E-state index contributed by atoms with van der Waals surface area (Å²) in [6.45, 7) is 4.01. The van der Waals surface area contributed by atoms with Gasteiger partial charge in [0.25, 0.3) is 10.0 Å². The Hall–Kier alpha value is -1.55. The molecule has 0 atom stereocenters. The Kier molecular flexibility index (Phi) is 8.62. The summed E-state index contributed by atoms with van der Waals surface area (Å²) in [5.74, 6) is 1.66. The van der Waals surface area contributed by atoms with E-state index in [0.29, 0.717) is 10.8 Å². The van der Waals surface area contributed by atoms with Gasteiger partial charge in [-0.05, 0) is 31.2 Å². The molecule has 9 heteroatoms. The summed E-state index contributed by atoms with van der Waals surface area (Å²) in [4.78, 5) is 6.71. The van der Waals surface area contributed by atoms with Gasteiger partial charge in [-0.3, -0.25) is 0 Å². The fraction of sp³-hybridized carbons (Fsp3) is 0.389. The van der Waals surface area contributed by atoms with E-state index in [-0.39, 0.29) is 0 Å². The topological polar surface area (TPSA) is 73.8 Å². The molecule has 0 aliphatic carbocycles. The average molecular weight is 427 g/mol. The van der Waals surface area contributed by atoms with E-state index in [9.17, 15) is 8.42 Å². The van der Waals surface area contributed by atoms with E-state index in [1.807, 2.05) is 31.2 Å². The zero-order valence-corrected chi connectivity index (χ0v) is 18.3. The molecule has 0 bridgehead atoms. The summed E-state index contributed by atoms with van der Waals surface area (Å²) < 4.78 is 25.9. The third-order valence-electron chi connectivity index (χ3n) is 3.52. The predicted octanol–water partition coefficient (Wildman–Crippen LogP) is 2.85. The van der Waals surface area contributed by atoms with Gasteiger partial charge in [-0.1, -0.05) is 18.2 Å². The van der Waals surface area contributed by atoms with Crippen LogP contribution in [0.25, 0.3) is 0 Å². The third-order valence-corrected chi connectivity index (χ3v) is 7.88. The monoisotopic (exact) mass is 426 g/mol. The van der Waals surface area contributed by atoms with Crippen molar-refractivity contribution in [1.29, 1.82) is 0 Å². The fourth-order valence-electron chi connectivity index (χ4n) is 2.12. The van der Waals surface area contributed by atoms with Crippen LogP contribution in [0, 0.1) is 0 Å². The van der Waals surface area contributed by atoms with Gasteiger partial charge in [0, 0.05) is 42.7 Å². The van der Waals surface area contributed by atoms with E-state index >= 15 is 0 Å². The molecule has 0 fully saturated rings. The molecule has 1 aromatic carbocycles. The number of rotatable bonds is 9. The zero-order valence-electron chi connectivity index (χ0n) is 15.8. The molecular weight excluding hydrogens is 400 g/mol. The number of hydrogen-bond donors (Lipinski definition) is 2. The van der Waals surface area contributed by atoms with Gasteiger partial charge in [0.2, 0.25) is 0 Å². The Morgan fingerprint density at radius 1 is 1.15 bits per heavy atom. The van der Waals surface area contributed by atoms with Crippen molar-refractivity contribution >= 4 is 39.1 Å². The minimum atomic E-state index is -3.38. The molecule has 1 aromatic heterocycles. The average Bonchev–Trinajstić information content (AvgIpc) is 3.13. The Morgan fingerprint density at radius 2 is 1.89 bits per heavy atom. The first-order valence-electron chi connectivity index (χ1n) is 8.64. The first kappa shape index (κ1) is 21.7. The van der Waals surface area contributed by atoms with Gasteiger partial charge in [-0.15, -0.1) is 23.1 Å². The van der Waals surface area contributed by atoms with Gasteiger partial charge in [0.15, 0.2) is 5.96 Å². The molecule has 0 saturated carbocycles. The zero-order chi connectivity index (χ0) is 19.7. The van der Waals surface area contributed by atoms with E-state index in [1.54, 1.807) is 17.8 Å². The molecule has 0 spiro atoms. The van der Waals surface area contributed by atoms with Crippen LogP contribution in [0.1, 0.15) is 11.8 Å². The van der Waals surface area contributed by atoms with Crippen molar-refractivity contribution < 1.29 is 8.42 Å². The van der Waals surface area contributed by atoms with Crippen LogP contribution < -0.4 is 10.6 Å². The maximum absolute atomic E-state index is 12.2. The SMILES string of the molecule is CCNC(=NCc1ccc(S(=O)(=O)N(C)C)s1)NCCSc1ccccc1. The lowest BCUT2D eigenvalue weighted by atomic mass is 10.4. The summed E-state index contributed by atoms with van der Waals surface area (Å²) >= 11 is 3.05. The first-order valence-corrected chi connectivity index (χ1v) is 11.9. The van der Waals surface area contributed by atoms with Crippen LogP contribution in [0.2, 0.25) is 0 Å². The number of sulfonamides is 1. The second-order valence-electron chi connectivity index (χ2n) is 5.79. The van der Waals surface area contributed by atoms with Gasteiger partial charge in [-0.25, -0.2) is 17.7 Å². The lowest BCUT2D eigenvalue weighted by Crippen LogP contribution is -2.38. The number of thioether (sulfide) groups is 1. The molecule has 1 heterocycles. The minimum absolute atomic E-state index is 0.343. The number of nitrogens with one attached hydrogen (secondary N) is 2. The van der Waals surface area contributed by atoms with Gasteiger partial charge < -0.3 is 10.6 Å². The highest BCUT2D eigenvalue weighted by molar-refractivity contribution is 7.99. The van der Waals surface area contributed by atoms with Gasteiger partial charge in [0.05, 0.1) is 6.54 Å². The molecule has 0 radical (unpaired) electrons. The smallest absolute Gasteiger partial charge is 0.252 e. The predicted molar refractivity (Wildman–Crippen MR) is 115 cm³/mol. The summed E-state index contributed by atoms with van der Waals surface area (Å²) in [6, 6.07) is 13.7. The van der Waals surface area contributed by atoms with E-state index in [1.165, 1.54) is 34.6 Å². The van der Waals surface area contributed by atoms with Crippen molar-refractivity contribution in [3.05, 3.63) is 47.3 Å². The quantitative estimate of drug-likeness (QED) is 0.279. The Balaban J connectivity index is 1.88. The summed E-state index contributed by atoms with van der Waals surface area (Å²) in [5, 5.41) is 6.53. The van der Waals surface area contributed by atoms with Crippen LogP contribution in [0.5, 0.6) is 0 Å². The summed E-state index contributed by atoms with van der Waals surface area (Å²) in [6.07, 6.45) is 0. The molecular formula is C18H26N4O2S3. The lowest BCUT2D eigenvalue weighted by molar-refractivity contribution is 0.523. The molecule has 6 nitrogen and oxygen atoms in total. The van der Waals surface area contributed by atoms with E-state index in [0.717, 1.165) is 29.7 Å². The van der Waals surface area contributed by atoms with Crippen LogP contribution in [-0.2, 0) is 16.6 Å². The van der Waals surface area contributed by atoms with Crippen LogP contribution in [0.15, 0.2) is 56.6 Å². The Labute approximate surface area is 170 Å². The van der Waals surface area contributed by atoms with Crippen molar-refractivity contribution in [1.82, 2.24) is 14.9 Å². The maximum atomic E-state index is 12.2. The third kappa shape index (κ3) is 6.84. The Bertz CT molecular complexity index is 833. The van der Waals surface area contributed by atoms with Crippen molar-refractivity contribution in [3.8, 4) is 0 Å². The highest BCUT2D eigenvalue weighted by Crippen LogP contribution is 2.24. The van der Waals surface area contributed by atoms with Gasteiger partial charge >= 0.3 is 0 Å². The van der Waals surface area contributed by atoms with E-state index in [2.05, 4.69) is 27.8 Å². The highest BCUT2D eigenvalue weighted by Gasteiger charge is 2.19. The van der Waals surface area contributed by atoms with Crippen LogP contribution in [-0.4, -0.2) is 51.6 Å². The number of benzene rings is 1. The fourth-order valence-corrected chi connectivity index (χ4v) is 5.35.